The number of phenolic OH excluding ortho intramolecular Hbond substituents is 1. The van der Waals surface area contributed by atoms with Crippen LogP contribution in [0.15, 0.2) is 89.9 Å². The van der Waals surface area contributed by atoms with Crippen molar-refractivity contribution in [2.45, 2.75) is 61.8 Å². The number of aliphatic imine (C=N–C) groups is 1. The molecule has 1 aromatic heterocycles. The molecule has 268 valence electrons. The standard InChI is InChI=1S/C38H45N7O6/c39-37(40)41-16-6-10-27-23-51-38(20-30(38)32-19-26-9-4-5-11-31(26)45-32)36(49)42-21-34(47)43-28(17-25-12-14-29(46)15-13-25)22-50-33(35(48)44-27)18-24-7-2-1-3-8-24/h1-5,7-9,11-15,19,27-28,30,33,45-46H,6,10,16-18,20-23H2,(H,42,49)(H,43,47)(H,44,48)(H4,39,40,41)/t27-,28-,30?,33+,38?/m0/s1. The Hall–Kier alpha value is -5.40. The molecule has 1 spiro atoms. The molecule has 0 radical (unpaired) electrons. The summed E-state index contributed by atoms with van der Waals surface area (Å²) in [4.78, 5) is 48.8. The molecule has 2 unspecified atom stereocenters. The van der Waals surface area contributed by atoms with Gasteiger partial charge in [-0.25, -0.2) is 0 Å². The number of benzene rings is 3. The van der Waals surface area contributed by atoms with Gasteiger partial charge in [0.2, 0.25) is 11.8 Å². The van der Waals surface area contributed by atoms with E-state index in [9.17, 15) is 19.5 Å². The number of nitrogens with zero attached hydrogens (tertiary/aromatic N) is 1. The second kappa shape index (κ2) is 16.1. The number of H-pyrrole nitrogens is 1. The molecule has 6 rings (SSSR count). The summed E-state index contributed by atoms with van der Waals surface area (Å²) in [6.07, 6.45) is 1.17. The number of aromatic hydroxyl groups is 1. The summed E-state index contributed by atoms with van der Waals surface area (Å²) >= 11 is 0. The van der Waals surface area contributed by atoms with Crippen LogP contribution in [0.3, 0.4) is 0 Å². The van der Waals surface area contributed by atoms with Gasteiger partial charge in [-0.3, -0.25) is 19.4 Å². The van der Waals surface area contributed by atoms with Gasteiger partial charge in [-0.05, 0) is 66.5 Å². The molecule has 2 heterocycles. The van der Waals surface area contributed by atoms with Crippen LogP contribution in [-0.2, 0) is 36.7 Å². The van der Waals surface area contributed by atoms with Gasteiger partial charge in [0.1, 0.15) is 11.9 Å². The van der Waals surface area contributed by atoms with Crippen molar-refractivity contribution < 1.29 is 29.0 Å². The van der Waals surface area contributed by atoms with Gasteiger partial charge < -0.3 is 47.0 Å². The van der Waals surface area contributed by atoms with E-state index in [1.165, 1.54) is 0 Å². The fourth-order valence-electron chi connectivity index (χ4n) is 6.60. The number of hydrogen-bond acceptors (Lipinski definition) is 7. The lowest BCUT2D eigenvalue weighted by atomic mass is 10.0. The number of nitrogens with one attached hydrogen (secondary N) is 4. The van der Waals surface area contributed by atoms with E-state index in [0.29, 0.717) is 38.6 Å². The number of phenols is 1. The molecule has 9 N–H and O–H groups in total. The average Bonchev–Trinajstić information content (AvgIpc) is 3.71. The van der Waals surface area contributed by atoms with Crippen molar-refractivity contribution in [1.82, 2.24) is 20.9 Å². The molecule has 1 aliphatic carbocycles. The number of ether oxygens (including phenoxy) is 2. The van der Waals surface area contributed by atoms with Gasteiger partial charge in [-0.1, -0.05) is 60.7 Å². The number of aromatic nitrogens is 1. The third-order valence-corrected chi connectivity index (χ3v) is 9.36. The van der Waals surface area contributed by atoms with Gasteiger partial charge in [0.05, 0.1) is 31.8 Å². The molecule has 13 nitrogen and oxygen atoms in total. The molecule has 1 saturated heterocycles. The van der Waals surface area contributed by atoms with Crippen molar-refractivity contribution in [2.75, 3.05) is 26.3 Å². The summed E-state index contributed by atoms with van der Waals surface area (Å²) in [6, 6.07) is 25.1. The average molecular weight is 696 g/mol. The van der Waals surface area contributed by atoms with Crippen LogP contribution < -0.4 is 27.4 Å². The molecule has 4 aromatic rings. The Labute approximate surface area is 296 Å². The van der Waals surface area contributed by atoms with Crippen LogP contribution in [0.2, 0.25) is 0 Å². The van der Waals surface area contributed by atoms with Crippen LogP contribution in [0.25, 0.3) is 10.9 Å². The van der Waals surface area contributed by atoms with Crippen molar-refractivity contribution in [2.24, 2.45) is 16.5 Å². The number of carbonyl (C=O) groups is 3. The smallest absolute Gasteiger partial charge is 0.253 e. The predicted octanol–water partition coefficient (Wildman–Crippen LogP) is 2.14. The van der Waals surface area contributed by atoms with Crippen LogP contribution in [0, 0.1) is 0 Å². The van der Waals surface area contributed by atoms with Crippen LogP contribution in [0.5, 0.6) is 5.75 Å². The van der Waals surface area contributed by atoms with Crippen LogP contribution in [0.4, 0.5) is 0 Å². The van der Waals surface area contributed by atoms with E-state index in [2.05, 4.69) is 25.9 Å². The number of fused-ring (bicyclic) bond motifs is 1. The van der Waals surface area contributed by atoms with Gasteiger partial charge in [-0.15, -0.1) is 0 Å². The first-order chi connectivity index (χ1) is 24.7. The minimum Gasteiger partial charge on any atom is -0.508 e. The predicted molar refractivity (Wildman–Crippen MR) is 193 cm³/mol. The lowest BCUT2D eigenvalue weighted by Gasteiger charge is -2.26. The van der Waals surface area contributed by atoms with E-state index in [0.717, 1.165) is 27.7 Å². The van der Waals surface area contributed by atoms with Gasteiger partial charge in [0, 0.05) is 30.1 Å². The molecule has 51 heavy (non-hydrogen) atoms. The maximum atomic E-state index is 14.0. The monoisotopic (exact) mass is 695 g/mol. The SMILES string of the molecule is NC(N)=NCCC[C@H]1COC2(CC2c2cc3ccccc3[nH]2)C(=O)NCC(=O)N[C@@H](Cc2ccc(O)cc2)CO[C@H](Cc2ccccc2)C(=O)N1. The Bertz CT molecular complexity index is 1810. The van der Waals surface area contributed by atoms with Gasteiger partial charge >= 0.3 is 0 Å². The summed E-state index contributed by atoms with van der Waals surface area (Å²) < 4.78 is 12.8. The van der Waals surface area contributed by atoms with E-state index < -0.39 is 35.6 Å². The number of rotatable bonds is 9. The van der Waals surface area contributed by atoms with Gasteiger partial charge in [-0.2, -0.15) is 0 Å². The molecular formula is C38H45N7O6. The van der Waals surface area contributed by atoms with Gasteiger partial charge in [0.25, 0.3) is 5.91 Å². The summed E-state index contributed by atoms with van der Waals surface area (Å²) in [7, 11) is 0. The highest BCUT2D eigenvalue weighted by Gasteiger charge is 2.63. The highest BCUT2D eigenvalue weighted by molar-refractivity contribution is 5.94. The largest absolute Gasteiger partial charge is 0.508 e. The topological polar surface area (TPSA) is 206 Å². The molecule has 0 bridgehead atoms. The highest BCUT2D eigenvalue weighted by Crippen LogP contribution is 2.54. The minimum atomic E-state index is -1.25. The Kier molecular flexibility index (Phi) is 11.2. The van der Waals surface area contributed by atoms with E-state index in [4.69, 9.17) is 20.9 Å². The molecule has 3 aromatic carbocycles. The Balaban J connectivity index is 1.29. The normalized spacial score (nSPS) is 24.5. The second-order valence-corrected chi connectivity index (χ2v) is 13.3. The highest BCUT2D eigenvalue weighted by atomic mass is 16.5. The van der Waals surface area contributed by atoms with E-state index in [1.807, 2.05) is 60.7 Å². The third kappa shape index (κ3) is 9.24. The molecule has 1 saturated carbocycles. The van der Waals surface area contributed by atoms with Crippen LogP contribution >= 0.6 is 0 Å². The van der Waals surface area contributed by atoms with Crippen molar-refractivity contribution in [3.63, 3.8) is 0 Å². The Morgan fingerprint density at radius 2 is 1.63 bits per heavy atom. The minimum absolute atomic E-state index is 0.0174. The number of guanidine groups is 1. The summed E-state index contributed by atoms with van der Waals surface area (Å²) in [5.41, 5.74) is 13.4. The van der Waals surface area contributed by atoms with E-state index in [-0.39, 0.29) is 43.3 Å². The fraction of sp³-hybridized carbons (Fsp3) is 0.368. The zero-order valence-corrected chi connectivity index (χ0v) is 28.3. The maximum Gasteiger partial charge on any atom is 0.253 e. The Morgan fingerprint density at radius 3 is 2.39 bits per heavy atom. The quantitative estimate of drug-likeness (QED) is 0.0783. The summed E-state index contributed by atoms with van der Waals surface area (Å²) in [5, 5.41) is 19.7. The first-order valence-electron chi connectivity index (χ1n) is 17.3. The summed E-state index contributed by atoms with van der Waals surface area (Å²) in [6.45, 7) is 0.131. The molecular weight excluding hydrogens is 650 g/mol. The van der Waals surface area contributed by atoms with Crippen molar-refractivity contribution in [1.29, 1.82) is 0 Å². The lowest BCUT2D eigenvalue weighted by molar-refractivity contribution is -0.139. The molecule has 5 atom stereocenters. The van der Waals surface area contributed by atoms with Crippen molar-refractivity contribution in [3.8, 4) is 5.75 Å². The third-order valence-electron chi connectivity index (χ3n) is 9.36. The van der Waals surface area contributed by atoms with Crippen LogP contribution in [0.1, 0.15) is 42.0 Å². The summed E-state index contributed by atoms with van der Waals surface area (Å²) in [5.74, 6) is -1.36. The number of para-hydroxylation sites is 1. The first kappa shape index (κ1) is 35.4. The molecule has 1 aliphatic heterocycles. The lowest BCUT2D eigenvalue weighted by Crippen LogP contribution is -2.48. The Morgan fingerprint density at radius 1 is 0.882 bits per heavy atom. The molecule has 3 amide bonds. The number of aromatic amines is 1. The molecule has 2 aliphatic rings. The first-order valence-corrected chi connectivity index (χ1v) is 17.3. The number of nitrogens with two attached hydrogens (primary N) is 2. The van der Waals surface area contributed by atoms with E-state index in [1.54, 1.807) is 24.3 Å². The van der Waals surface area contributed by atoms with Gasteiger partial charge in [0.15, 0.2) is 11.6 Å². The van der Waals surface area contributed by atoms with Crippen LogP contribution in [-0.4, -0.2) is 83.9 Å². The van der Waals surface area contributed by atoms with Crippen molar-refractivity contribution in [3.05, 3.63) is 102 Å². The number of carbonyl (C=O) groups excluding carboxylic acids is 3. The van der Waals surface area contributed by atoms with E-state index >= 15 is 0 Å². The molecule has 2 fully saturated rings. The number of hydrogen-bond donors (Lipinski definition) is 7. The van der Waals surface area contributed by atoms with Crippen molar-refractivity contribution >= 4 is 34.6 Å². The molecule has 13 heteroatoms. The second-order valence-electron chi connectivity index (χ2n) is 13.3. The maximum absolute atomic E-state index is 14.0. The zero-order valence-electron chi connectivity index (χ0n) is 28.3. The number of amides is 3. The zero-order chi connectivity index (χ0) is 35.8. The fourth-order valence-corrected chi connectivity index (χ4v) is 6.60.